The number of sulfonamides is 1. The Morgan fingerprint density at radius 3 is 2.21 bits per heavy atom. The Morgan fingerprint density at radius 1 is 0.949 bits per heavy atom. The molecule has 0 radical (unpaired) electrons. The fourth-order valence-corrected chi connectivity index (χ4v) is 5.62. The molecule has 7 nitrogen and oxygen atoms in total. The van der Waals surface area contributed by atoms with Gasteiger partial charge in [-0.2, -0.15) is 0 Å². The number of halogens is 1. The minimum Gasteiger partial charge on any atom is -0.352 e. The minimum absolute atomic E-state index is 0.0851. The summed E-state index contributed by atoms with van der Waals surface area (Å²) in [6.07, 6.45) is 2.10. The SMILES string of the molecule is CCC(C)NC(=O)C(Cc1ccccc1)N(Cc1cccc(Br)c1)C(=O)CN(c1ccccc1C)S(C)(=O)=O. The van der Waals surface area contributed by atoms with E-state index in [0.29, 0.717) is 5.69 Å². The van der Waals surface area contributed by atoms with E-state index in [9.17, 15) is 18.0 Å². The van der Waals surface area contributed by atoms with Gasteiger partial charge in [0.2, 0.25) is 21.8 Å². The molecule has 1 N–H and O–H groups in total. The second-order valence-electron chi connectivity index (χ2n) is 9.73. The van der Waals surface area contributed by atoms with Crippen molar-refractivity contribution in [3.63, 3.8) is 0 Å². The molecule has 0 aromatic heterocycles. The molecule has 0 aliphatic rings. The fourth-order valence-electron chi connectivity index (χ4n) is 4.27. The van der Waals surface area contributed by atoms with E-state index >= 15 is 0 Å². The summed E-state index contributed by atoms with van der Waals surface area (Å²) in [7, 11) is -3.80. The third kappa shape index (κ3) is 8.66. The van der Waals surface area contributed by atoms with E-state index in [1.54, 1.807) is 25.1 Å². The molecule has 0 aliphatic heterocycles. The summed E-state index contributed by atoms with van der Waals surface area (Å²) < 4.78 is 27.7. The minimum atomic E-state index is -3.80. The lowest BCUT2D eigenvalue weighted by Crippen LogP contribution is -2.54. The third-order valence-electron chi connectivity index (χ3n) is 6.58. The van der Waals surface area contributed by atoms with E-state index < -0.39 is 28.5 Å². The monoisotopic (exact) mass is 613 g/mol. The van der Waals surface area contributed by atoms with Gasteiger partial charge < -0.3 is 10.2 Å². The maximum atomic E-state index is 14.1. The summed E-state index contributed by atoms with van der Waals surface area (Å²) in [5, 5.41) is 3.03. The Bertz CT molecular complexity index is 1380. The van der Waals surface area contributed by atoms with Crippen LogP contribution >= 0.6 is 15.9 Å². The van der Waals surface area contributed by atoms with Gasteiger partial charge in [-0.15, -0.1) is 0 Å². The molecule has 3 aromatic rings. The predicted octanol–water partition coefficient (Wildman–Crippen LogP) is 5.08. The van der Waals surface area contributed by atoms with E-state index in [0.717, 1.165) is 38.1 Å². The molecule has 208 valence electrons. The summed E-state index contributed by atoms with van der Waals surface area (Å²) in [5.74, 6) is -0.748. The zero-order valence-electron chi connectivity index (χ0n) is 22.8. The van der Waals surface area contributed by atoms with Crippen molar-refractivity contribution in [2.75, 3.05) is 17.1 Å². The van der Waals surface area contributed by atoms with E-state index in [2.05, 4.69) is 21.2 Å². The molecule has 0 bridgehead atoms. The number of rotatable bonds is 12. The molecule has 3 aromatic carbocycles. The Kier molecular flexibility index (Phi) is 10.7. The molecule has 0 fully saturated rings. The van der Waals surface area contributed by atoms with E-state index in [4.69, 9.17) is 0 Å². The van der Waals surface area contributed by atoms with Crippen LogP contribution in [0, 0.1) is 6.92 Å². The van der Waals surface area contributed by atoms with Crippen LogP contribution in [0.5, 0.6) is 0 Å². The zero-order chi connectivity index (χ0) is 28.6. The van der Waals surface area contributed by atoms with Crippen molar-refractivity contribution in [2.45, 2.75) is 52.2 Å². The van der Waals surface area contributed by atoms with E-state index in [-0.39, 0.29) is 24.9 Å². The number of amides is 2. The maximum Gasteiger partial charge on any atom is 0.244 e. The van der Waals surface area contributed by atoms with Gasteiger partial charge in [0.1, 0.15) is 12.6 Å². The lowest BCUT2D eigenvalue weighted by atomic mass is 10.0. The van der Waals surface area contributed by atoms with Crippen molar-refractivity contribution in [3.8, 4) is 0 Å². The van der Waals surface area contributed by atoms with Gasteiger partial charge in [-0.1, -0.05) is 83.5 Å². The number of hydrogen-bond acceptors (Lipinski definition) is 4. The first-order valence-electron chi connectivity index (χ1n) is 12.9. The van der Waals surface area contributed by atoms with Crippen LogP contribution < -0.4 is 9.62 Å². The van der Waals surface area contributed by atoms with Crippen LogP contribution in [0.25, 0.3) is 0 Å². The van der Waals surface area contributed by atoms with Gasteiger partial charge in [-0.3, -0.25) is 13.9 Å². The van der Waals surface area contributed by atoms with Crippen LogP contribution in [0.1, 0.15) is 37.0 Å². The van der Waals surface area contributed by atoms with Gasteiger partial charge in [0.15, 0.2) is 0 Å². The molecule has 2 atom stereocenters. The topological polar surface area (TPSA) is 86.8 Å². The van der Waals surface area contributed by atoms with Crippen molar-refractivity contribution in [3.05, 3.63) is 100 Å². The van der Waals surface area contributed by atoms with Crippen LogP contribution in [0.4, 0.5) is 5.69 Å². The van der Waals surface area contributed by atoms with Crippen LogP contribution in [0.15, 0.2) is 83.3 Å². The first kappa shape index (κ1) is 30.4. The Balaban J connectivity index is 2.07. The molecule has 0 saturated heterocycles. The molecular formula is C30H36BrN3O4S. The Morgan fingerprint density at radius 2 is 1.59 bits per heavy atom. The lowest BCUT2D eigenvalue weighted by Gasteiger charge is -2.34. The number of carbonyl (C=O) groups is 2. The van der Waals surface area contributed by atoms with Gasteiger partial charge in [0, 0.05) is 23.5 Å². The average Bonchev–Trinajstić information content (AvgIpc) is 2.89. The van der Waals surface area contributed by atoms with Gasteiger partial charge in [0.05, 0.1) is 11.9 Å². The second-order valence-corrected chi connectivity index (χ2v) is 12.6. The van der Waals surface area contributed by atoms with Crippen LogP contribution in [0.3, 0.4) is 0 Å². The van der Waals surface area contributed by atoms with Crippen LogP contribution in [-0.2, 0) is 32.6 Å². The molecule has 2 amide bonds. The number of carbonyl (C=O) groups excluding carboxylic acids is 2. The van der Waals surface area contributed by atoms with E-state index in [1.165, 1.54) is 4.90 Å². The highest BCUT2D eigenvalue weighted by atomic mass is 79.9. The Labute approximate surface area is 240 Å². The molecule has 39 heavy (non-hydrogen) atoms. The molecule has 0 spiro atoms. The van der Waals surface area contributed by atoms with Crippen molar-refractivity contribution in [2.24, 2.45) is 0 Å². The van der Waals surface area contributed by atoms with Crippen molar-refractivity contribution < 1.29 is 18.0 Å². The summed E-state index contributed by atoms with van der Waals surface area (Å²) in [4.78, 5) is 29.3. The predicted molar refractivity (Wildman–Crippen MR) is 160 cm³/mol. The molecule has 0 heterocycles. The normalized spacial score (nSPS) is 12.8. The standard InChI is InChI=1S/C30H36BrN3O4S/c1-5-23(3)32-30(36)28(19-24-13-7-6-8-14-24)33(20-25-15-11-16-26(31)18-25)29(35)21-34(39(4,37)38)27-17-10-9-12-22(27)2/h6-18,23,28H,5,19-21H2,1-4H3,(H,32,36). The first-order chi connectivity index (χ1) is 18.5. The number of benzene rings is 3. The smallest absolute Gasteiger partial charge is 0.244 e. The van der Waals surface area contributed by atoms with Gasteiger partial charge in [-0.25, -0.2) is 8.42 Å². The summed E-state index contributed by atoms with van der Waals surface area (Å²) >= 11 is 3.49. The number of anilines is 1. The summed E-state index contributed by atoms with van der Waals surface area (Å²) in [6, 6.07) is 23.1. The molecule has 0 aliphatic carbocycles. The Hall–Kier alpha value is -3.17. The number of hydrogen-bond donors (Lipinski definition) is 1. The molecule has 9 heteroatoms. The average molecular weight is 615 g/mol. The number of aryl methyl sites for hydroxylation is 1. The van der Waals surface area contributed by atoms with E-state index in [1.807, 2.05) is 74.5 Å². The maximum absolute atomic E-state index is 14.1. The first-order valence-corrected chi connectivity index (χ1v) is 15.5. The highest BCUT2D eigenvalue weighted by molar-refractivity contribution is 9.10. The molecule has 0 saturated carbocycles. The van der Waals surface area contributed by atoms with Crippen molar-refractivity contribution in [1.29, 1.82) is 0 Å². The summed E-state index contributed by atoms with van der Waals surface area (Å²) in [6.45, 7) is 5.40. The highest BCUT2D eigenvalue weighted by Crippen LogP contribution is 2.24. The summed E-state index contributed by atoms with van der Waals surface area (Å²) in [5.41, 5.74) is 2.87. The van der Waals surface area contributed by atoms with Crippen LogP contribution in [0.2, 0.25) is 0 Å². The fraction of sp³-hybridized carbons (Fsp3) is 0.333. The van der Waals surface area contributed by atoms with Gasteiger partial charge in [0.25, 0.3) is 0 Å². The van der Waals surface area contributed by atoms with Gasteiger partial charge in [-0.05, 0) is 55.2 Å². The largest absolute Gasteiger partial charge is 0.352 e. The molecule has 3 rings (SSSR count). The molecule has 2 unspecified atom stereocenters. The van der Waals surface area contributed by atoms with Crippen molar-refractivity contribution in [1.82, 2.24) is 10.2 Å². The number of para-hydroxylation sites is 1. The third-order valence-corrected chi connectivity index (χ3v) is 8.20. The lowest BCUT2D eigenvalue weighted by molar-refractivity contribution is -0.140. The molecular weight excluding hydrogens is 578 g/mol. The van der Waals surface area contributed by atoms with Crippen LogP contribution in [-0.4, -0.2) is 50.0 Å². The second kappa shape index (κ2) is 13.8. The number of nitrogens with zero attached hydrogens (tertiary/aromatic N) is 2. The highest BCUT2D eigenvalue weighted by Gasteiger charge is 2.33. The zero-order valence-corrected chi connectivity index (χ0v) is 25.2. The van der Waals surface area contributed by atoms with Gasteiger partial charge >= 0.3 is 0 Å². The van der Waals surface area contributed by atoms with Crippen molar-refractivity contribution >= 4 is 43.5 Å². The number of nitrogens with one attached hydrogen (secondary N) is 1. The quantitative estimate of drug-likeness (QED) is 0.309.